The van der Waals surface area contributed by atoms with Crippen molar-refractivity contribution in [2.45, 2.75) is 38.2 Å². The van der Waals surface area contributed by atoms with Gasteiger partial charge in [-0.2, -0.15) is 0 Å². The molecule has 2 heterocycles. The van der Waals surface area contributed by atoms with Gasteiger partial charge in [-0.25, -0.2) is 0 Å². The van der Waals surface area contributed by atoms with Gasteiger partial charge in [0.25, 0.3) is 0 Å². The fraction of sp³-hybridized carbons (Fsp3) is 0.619. The minimum atomic E-state index is -0.433. The number of benzene rings is 1. The zero-order chi connectivity index (χ0) is 20.0. The van der Waals surface area contributed by atoms with E-state index >= 15 is 0 Å². The van der Waals surface area contributed by atoms with E-state index in [1.807, 2.05) is 11.8 Å². The van der Waals surface area contributed by atoms with Gasteiger partial charge in [-0.3, -0.25) is 14.5 Å². The Kier molecular flexibility index (Phi) is 6.91. The summed E-state index contributed by atoms with van der Waals surface area (Å²) in [5.41, 5.74) is 5.62. The third kappa shape index (κ3) is 5.23. The van der Waals surface area contributed by atoms with Crippen molar-refractivity contribution in [1.82, 2.24) is 9.80 Å². The van der Waals surface area contributed by atoms with Gasteiger partial charge in [0, 0.05) is 44.7 Å². The van der Waals surface area contributed by atoms with Crippen molar-refractivity contribution in [3.05, 3.63) is 29.8 Å². The minimum absolute atomic E-state index is 0.103. The highest BCUT2D eigenvalue weighted by Gasteiger charge is 2.40. The number of hydrogen-bond acceptors (Lipinski definition) is 5. The normalized spacial score (nSPS) is 19.5. The SMILES string of the molecule is CCC(=O)N1CCC2(CC1)CN(CCCOc1ccc(C(N)=O)cc1)CCO2. The van der Waals surface area contributed by atoms with E-state index in [0.29, 0.717) is 18.6 Å². The first-order chi connectivity index (χ1) is 13.5. The molecule has 2 aliphatic rings. The molecule has 2 aliphatic heterocycles. The molecule has 1 spiro atoms. The quantitative estimate of drug-likeness (QED) is 0.717. The lowest BCUT2D eigenvalue weighted by molar-refractivity contribution is -0.150. The summed E-state index contributed by atoms with van der Waals surface area (Å²) in [4.78, 5) is 27.4. The molecule has 0 atom stereocenters. The Morgan fingerprint density at radius 3 is 2.54 bits per heavy atom. The second kappa shape index (κ2) is 9.39. The number of carbonyl (C=O) groups is 2. The van der Waals surface area contributed by atoms with Crippen LogP contribution in [0.4, 0.5) is 0 Å². The van der Waals surface area contributed by atoms with Crippen LogP contribution in [-0.2, 0) is 9.53 Å². The second-order valence-electron chi connectivity index (χ2n) is 7.63. The predicted molar refractivity (Wildman–Crippen MR) is 106 cm³/mol. The number of ether oxygens (including phenoxy) is 2. The third-order valence-electron chi connectivity index (χ3n) is 5.68. The summed E-state index contributed by atoms with van der Waals surface area (Å²) in [6.45, 7) is 7.70. The average Bonchev–Trinajstić information content (AvgIpc) is 2.72. The number of nitrogens with two attached hydrogens (primary N) is 1. The molecule has 3 rings (SSSR count). The molecule has 0 aromatic heterocycles. The lowest BCUT2D eigenvalue weighted by Gasteiger charge is -2.47. The first-order valence-electron chi connectivity index (χ1n) is 10.2. The van der Waals surface area contributed by atoms with E-state index in [2.05, 4.69) is 4.90 Å². The Morgan fingerprint density at radius 1 is 1.18 bits per heavy atom. The largest absolute Gasteiger partial charge is 0.494 e. The van der Waals surface area contributed by atoms with Gasteiger partial charge in [0.2, 0.25) is 11.8 Å². The maximum atomic E-state index is 11.9. The Labute approximate surface area is 166 Å². The van der Waals surface area contributed by atoms with E-state index in [-0.39, 0.29) is 11.5 Å². The van der Waals surface area contributed by atoms with Crippen molar-refractivity contribution < 1.29 is 19.1 Å². The molecule has 0 radical (unpaired) electrons. The van der Waals surface area contributed by atoms with Crippen LogP contribution < -0.4 is 10.5 Å². The van der Waals surface area contributed by atoms with Crippen LogP contribution in [-0.4, -0.2) is 73.2 Å². The summed E-state index contributed by atoms with van der Waals surface area (Å²) in [6, 6.07) is 6.91. The number of morpholine rings is 1. The molecule has 0 aliphatic carbocycles. The number of piperidine rings is 1. The van der Waals surface area contributed by atoms with Crippen molar-refractivity contribution in [1.29, 1.82) is 0 Å². The smallest absolute Gasteiger partial charge is 0.248 e. The Balaban J connectivity index is 1.39. The molecule has 154 valence electrons. The molecule has 0 saturated carbocycles. The first kappa shape index (κ1) is 20.6. The lowest BCUT2D eigenvalue weighted by Crippen LogP contribution is -2.57. The maximum absolute atomic E-state index is 11.9. The zero-order valence-electron chi connectivity index (χ0n) is 16.7. The van der Waals surface area contributed by atoms with Crippen molar-refractivity contribution in [2.24, 2.45) is 5.73 Å². The van der Waals surface area contributed by atoms with Crippen LogP contribution in [0.1, 0.15) is 43.0 Å². The van der Waals surface area contributed by atoms with Crippen molar-refractivity contribution >= 4 is 11.8 Å². The lowest BCUT2D eigenvalue weighted by atomic mass is 9.89. The van der Waals surface area contributed by atoms with Gasteiger partial charge in [0.15, 0.2) is 0 Å². The third-order valence-corrected chi connectivity index (χ3v) is 5.68. The topological polar surface area (TPSA) is 85.1 Å². The van der Waals surface area contributed by atoms with Crippen molar-refractivity contribution in [3.63, 3.8) is 0 Å². The molecule has 1 aromatic carbocycles. The first-order valence-corrected chi connectivity index (χ1v) is 10.2. The van der Waals surface area contributed by atoms with E-state index in [0.717, 1.165) is 64.3 Å². The van der Waals surface area contributed by atoms with Crippen LogP contribution in [0, 0.1) is 0 Å². The van der Waals surface area contributed by atoms with Gasteiger partial charge in [0.1, 0.15) is 5.75 Å². The van der Waals surface area contributed by atoms with E-state index < -0.39 is 5.91 Å². The van der Waals surface area contributed by atoms with Crippen LogP contribution in [0.25, 0.3) is 0 Å². The number of likely N-dealkylation sites (tertiary alicyclic amines) is 1. The molecule has 7 heteroatoms. The summed E-state index contributed by atoms with van der Waals surface area (Å²) in [5, 5.41) is 0. The molecular weight excluding hydrogens is 358 g/mol. The van der Waals surface area contributed by atoms with Gasteiger partial charge in [-0.05, 0) is 43.5 Å². The van der Waals surface area contributed by atoms with Gasteiger partial charge >= 0.3 is 0 Å². The number of primary amides is 1. The van der Waals surface area contributed by atoms with Gasteiger partial charge in [-0.1, -0.05) is 6.92 Å². The monoisotopic (exact) mass is 389 g/mol. The summed E-state index contributed by atoms with van der Waals surface area (Å²) >= 11 is 0. The Morgan fingerprint density at radius 2 is 1.89 bits per heavy atom. The standard InChI is InChI=1S/C21H31N3O4/c1-2-19(25)24-11-8-21(9-12-24)16-23(13-15-28-21)10-3-14-27-18-6-4-17(5-7-18)20(22)26/h4-7H,2-3,8-16H2,1H3,(H2,22,26). The molecular formula is C21H31N3O4. The molecule has 0 unspecified atom stereocenters. The molecule has 0 bridgehead atoms. The van der Waals surface area contributed by atoms with Crippen LogP contribution in [0.2, 0.25) is 0 Å². The molecule has 28 heavy (non-hydrogen) atoms. The minimum Gasteiger partial charge on any atom is -0.494 e. The van der Waals surface area contributed by atoms with Crippen LogP contribution in [0.15, 0.2) is 24.3 Å². The molecule has 7 nitrogen and oxygen atoms in total. The number of amides is 2. The fourth-order valence-electron chi connectivity index (χ4n) is 4.00. The number of nitrogens with zero attached hydrogens (tertiary/aromatic N) is 2. The summed E-state index contributed by atoms with van der Waals surface area (Å²) in [7, 11) is 0. The number of rotatable bonds is 7. The van der Waals surface area contributed by atoms with Crippen LogP contribution in [0.3, 0.4) is 0 Å². The summed E-state index contributed by atoms with van der Waals surface area (Å²) in [6.07, 6.45) is 3.33. The fourth-order valence-corrected chi connectivity index (χ4v) is 4.00. The predicted octanol–water partition coefficient (Wildman–Crippen LogP) is 1.66. The van der Waals surface area contributed by atoms with Gasteiger partial charge in [0.05, 0.1) is 18.8 Å². The van der Waals surface area contributed by atoms with Crippen LogP contribution >= 0.6 is 0 Å². The molecule has 2 fully saturated rings. The van der Waals surface area contributed by atoms with Gasteiger partial charge in [-0.15, -0.1) is 0 Å². The van der Waals surface area contributed by atoms with E-state index in [1.165, 1.54) is 0 Å². The average molecular weight is 389 g/mol. The second-order valence-corrected chi connectivity index (χ2v) is 7.63. The number of carbonyl (C=O) groups excluding carboxylic acids is 2. The summed E-state index contributed by atoms with van der Waals surface area (Å²) < 4.78 is 11.9. The highest BCUT2D eigenvalue weighted by atomic mass is 16.5. The molecule has 2 amide bonds. The van der Waals surface area contributed by atoms with Crippen molar-refractivity contribution in [2.75, 3.05) is 45.9 Å². The zero-order valence-corrected chi connectivity index (χ0v) is 16.7. The van der Waals surface area contributed by atoms with E-state index in [1.54, 1.807) is 24.3 Å². The molecule has 2 saturated heterocycles. The van der Waals surface area contributed by atoms with Gasteiger partial charge < -0.3 is 20.1 Å². The molecule has 2 N–H and O–H groups in total. The van der Waals surface area contributed by atoms with Crippen molar-refractivity contribution in [3.8, 4) is 5.75 Å². The van der Waals surface area contributed by atoms with Crippen LogP contribution in [0.5, 0.6) is 5.75 Å². The Hall–Kier alpha value is -2.12. The van der Waals surface area contributed by atoms with E-state index in [9.17, 15) is 9.59 Å². The van der Waals surface area contributed by atoms with E-state index in [4.69, 9.17) is 15.2 Å². The number of hydrogen-bond donors (Lipinski definition) is 1. The Bertz CT molecular complexity index is 669. The highest BCUT2D eigenvalue weighted by molar-refractivity contribution is 5.92. The maximum Gasteiger partial charge on any atom is 0.248 e. The highest BCUT2D eigenvalue weighted by Crippen LogP contribution is 2.30. The molecule has 1 aromatic rings. The summed E-state index contributed by atoms with van der Waals surface area (Å²) in [5.74, 6) is 0.553.